The smallest absolute Gasteiger partial charge is 0.264 e. The van der Waals surface area contributed by atoms with Gasteiger partial charge in [0.05, 0.1) is 18.5 Å². The van der Waals surface area contributed by atoms with E-state index in [4.69, 9.17) is 17.2 Å². The minimum atomic E-state index is -1.60. The lowest BCUT2D eigenvalue weighted by atomic mass is 9.98. The van der Waals surface area contributed by atoms with E-state index in [2.05, 4.69) is 26.7 Å². The van der Waals surface area contributed by atoms with Crippen molar-refractivity contribution in [2.45, 2.75) is 103 Å². The Morgan fingerprint density at radius 2 is 1.57 bits per heavy atom. The first kappa shape index (κ1) is 40.6. The van der Waals surface area contributed by atoms with Crippen molar-refractivity contribution in [3.63, 3.8) is 0 Å². The second kappa shape index (κ2) is 20.1. The van der Waals surface area contributed by atoms with Crippen LogP contribution in [0.3, 0.4) is 0 Å². The molecule has 0 unspecified atom stereocenters. The maximum Gasteiger partial charge on any atom is 0.264 e. The highest BCUT2D eigenvalue weighted by atomic mass is 16.2. The maximum absolute atomic E-state index is 14.3. The van der Waals surface area contributed by atoms with Gasteiger partial charge >= 0.3 is 0 Å². The molecule has 0 aliphatic carbocycles. The summed E-state index contributed by atoms with van der Waals surface area (Å²) >= 11 is 0. The Kier molecular flexibility index (Phi) is 16.6. The molecule has 0 saturated carbocycles. The Bertz CT molecular complexity index is 1300. The van der Waals surface area contributed by atoms with Crippen LogP contribution < -0.4 is 43.9 Å². The third-order valence-corrected chi connectivity index (χ3v) is 8.11. The number of rotatable bonds is 19. The minimum absolute atomic E-state index is 0.123. The second-order valence-corrected chi connectivity index (χ2v) is 13.0. The number of hydrazine groups is 1. The number of primary amides is 2. The number of carbonyl (C=O) groups excluding carboxylic acids is 7. The van der Waals surface area contributed by atoms with Crippen molar-refractivity contribution in [3.05, 3.63) is 35.9 Å². The first-order valence-electron chi connectivity index (χ1n) is 16.7. The molecule has 0 spiro atoms. The van der Waals surface area contributed by atoms with Crippen LogP contribution in [0.1, 0.15) is 71.8 Å². The van der Waals surface area contributed by atoms with Gasteiger partial charge in [-0.25, -0.2) is 5.01 Å². The van der Waals surface area contributed by atoms with Crippen LogP contribution >= 0.6 is 0 Å². The van der Waals surface area contributed by atoms with Gasteiger partial charge in [0.1, 0.15) is 18.1 Å². The van der Waals surface area contributed by atoms with Gasteiger partial charge in [-0.1, -0.05) is 58.0 Å². The van der Waals surface area contributed by atoms with Crippen molar-refractivity contribution in [1.29, 1.82) is 0 Å². The number of hydrogen-bond donors (Lipinski definition) is 8. The van der Waals surface area contributed by atoms with E-state index in [9.17, 15) is 33.6 Å². The summed E-state index contributed by atoms with van der Waals surface area (Å²) in [4.78, 5) is 90.8. The van der Waals surface area contributed by atoms with Gasteiger partial charge in [-0.3, -0.25) is 39.0 Å². The molecule has 0 radical (unpaired) electrons. The second-order valence-electron chi connectivity index (χ2n) is 13.0. The van der Waals surface area contributed by atoms with E-state index < -0.39 is 89.8 Å². The van der Waals surface area contributed by atoms with Crippen molar-refractivity contribution in [2.75, 3.05) is 13.1 Å². The molecule has 0 bridgehead atoms. The van der Waals surface area contributed by atoms with E-state index in [1.165, 1.54) is 0 Å². The third kappa shape index (κ3) is 13.5. The van der Waals surface area contributed by atoms with Crippen LogP contribution in [0.5, 0.6) is 0 Å². The molecule has 5 atom stereocenters. The Morgan fingerprint density at radius 1 is 0.898 bits per heavy atom. The first-order valence-corrected chi connectivity index (χ1v) is 16.7. The molecular weight excluding hydrogens is 634 g/mol. The number of carbonyl (C=O) groups is 7. The van der Waals surface area contributed by atoms with Crippen molar-refractivity contribution in [1.82, 2.24) is 31.7 Å². The summed E-state index contributed by atoms with van der Waals surface area (Å²) < 4.78 is 0. The van der Waals surface area contributed by atoms with Gasteiger partial charge in [-0.2, -0.15) is 0 Å². The number of aryl methyl sites for hydroxylation is 1. The number of nitrogens with two attached hydrogens (primary N) is 3. The van der Waals surface area contributed by atoms with Crippen LogP contribution in [-0.2, 0) is 40.0 Å². The summed E-state index contributed by atoms with van der Waals surface area (Å²) in [5.74, 6) is -6.29. The molecule has 49 heavy (non-hydrogen) atoms. The molecule has 1 aliphatic rings. The van der Waals surface area contributed by atoms with Crippen LogP contribution in [0.4, 0.5) is 0 Å². The fourth-order valence-corrected chi connectivity index (χ4v) is 5.37. The van der Waals surface area contributed by atoms with Crippen molar-refractivity contribution in [2.24, 2.45) is 29.0 Å². The lowest BCUT2D eigenvalue weighted by Crippen LogP contribution is -2.66. The standard InChI is InChI=1S/C33H53N9O7/c1-19(2)27(40-30(46)23-13-9-16-37-23)33(49)42(28(20(3)4)32(48)38-17-8-12-21-10-6-5-7-11-21)41-31(47)24(18-26(36)44)39-29(45)22(34)14-15-25(35)43/h5-7,10-11,19-20,22-24,27-28,37H,8-9,12-18,34H2,1-4H3,(H2,35,43)(H2,36,44)(H,38,48)(H,39,45)(H,40,46)(H,41,47)/t22-,23-,24-,27-,28-/m0/s1. The van der Waals surface area contributed by atoms with Crippen LogP contribution in [0.2, 0.25) is 0 Å². The van der Waals surface area contributed by atoms with Crippen LogP contribution in [-0.4, -0.2) is 89.7 Å². The maximum atomic E-state index is 14.3. The van der Waals surface area contributed by atoms with E-state index >= 15 is 0 Å². The quantitative estimate of drug-likeness (QED) is 0.0619. The highest BCUT2D eigenvalue weighted by molar-refractivity contribution is 5.97. The summed E-state index contributed by atoms with van der Waals surface area (Å²) in [5.41, 5.74) is 19.9. The zero-order valence-corrected chi connectivity index (χ0v) is 28.8. The molecule has 7 amide bonds. The number of nitrogens with one attached hydrogen (secondary N) is 5. The van der Waals surface area contributed by atoms with Crippen LogP contribution in [0.15, 0.2) is 30.3 Å². The zero-order valence-electron chi connectivity index (χ0n) is 28.8. The Labute approximate surface area is 287 Å². The van der Waals surface area contributed by atoms with Gasteiger partial charge < -0.3 is 38.5 Å². The van der Waals surface area contributed by atoms with Crippen LogP contribution in [0.25, 0.3) is 0 Å². The molecule has 1 aliphatic heterocycles. The van der Waals surface area contributed by atoms with E-state index in [-0.39, 0.29) is 19.4 Å². The zero-order chi connectivity index (χ0) is 36.7. The molecule has 1 saturated heterocycles. The summed E-state index contributed by atoms with van der Waals surface area (Å²) in [6.45, 7) is 7.72. The number of benzene rings is 1. The van der Waals surface area contributed by atoms with Crippen LogP contribution in [0, 0.1) is 11.8 Å². The largest absolute Gasteiger partial charge is 0.370 e. The van der Waals surface area contributed by atoms with Gasteiger partial charge in [-0.15, -0.1) is 0 Å². The summed E-state index contributed by atoms with van der Waals surface area (Å²) in [6.07, 6.45) is 1.68. The van der Waals surface area contributed by atoms with Gasteiger partial charge in [0, 0.05) is 13.0 Å². The first-order chi connectivity index (χ1) is 23.1. The summed E-state index contributed by atoms with van der Waals surface area (Å²) in [7, 11) is 0. The van der Waals surface area contributed by atoms with Crippen molar-refractivity contribution >= 4 is 41.4 Å². The molecule has 1 heterocycles. The summed E-state index contributed by atoms with van der Waals surface area (Å²) in [6, 6.07) is 3.93. The highest BCUT2D eigenvalue weighted by Crippen LogP contribution is 2.16. The van der Waals surface area contributed by atoms with Gasteiger partial charge in [0.25, 0.3) is 11.8 Å². The van der Waals surface area contributed by atoms with Gasteiger partial charge in [0.15, 0.2) is 0 Å². The number of amides is 7. The molecule has 1 aromatic carbocycles. The molecule has 1 fully saturated rings. The van der Waals surface area contributed by atoms with E-state index in [1.807, 2.05) is 30.3 Å². The normalized spacial score (nSPS) is 16.6. The average molecular weight is 688 g/mol. The Hall–Kier alpha value is -4.57. The van der Waals surface area contributed by atoms with Crippen molar-refractivity contribution in [3.8, 4) is 0 Å². The SMILES string of the molecule is CC(C)[C@H](NC(=O)[C@@H]1CCCN1)C(=O)N(NC(=O)[C@H](CC(N)=O)NC(=O)[C@@H](N)CCC(N)=O)[C@H](C(=O)NCCCc1ccccc1)C(C)C. The Balaban J connectivity index is 2.38. The number of hydrogen-bond acceptors (Lipinski definition) is 9. The average Bonchev–Trinajstić information content (AvgIpc) is 3.59. The number of nitrogens with zero attached hydrogens (tertiary/aromatic N) is 1. The van der Waals surface area contributed by atoms with E-state index in [0.717, 1.165) is 17.0 Å². The lowest BCUT2D eigenvalue weighted by molar-refractivity contribution is -0.154. The van der Waals surface area contributed by atoms with Crippen molar-refractivity contribution < 1.29 is 33.6 Å². The molecule has 16 nitrogen and oxygen atoms in total. The lowest BCUT2D eigenvalue weighted by Gasteiger charge is -2.37. The fraction of sp³-hybridized carbons (Fsp3) is 0.606. The Morgan fingerprint density at radius 3 is 2.12 bits per heavy atom. The molecular formula is C33H53N9O7. The molecule has 16 heteroatoms. The fourth-order valence-electron chi connectivity index (χ4n) is 5.37. The monoisotopic (exact) mass is 687 g/mol. The highest BCUT2D eigenvalue weighted by Gasteiger charge is 2.40. The van der Waals surface area contributed by atoms with E-state index in [0.29, 0.717) is 25.8 Å². The molecule has 2 rings (SSSR count). The summed E-state index contributed by atoms with van der Waals surface area (Å²) in [5, 5.41) is 11.9. The molecule has 1 aromatic rings. The topological polar surface area (TPSA) is 261 Å². The van der Waals surface area contributed by atoms with Gasteiger partial charge in [0.2, 0.25) is 29.5 Å². The van der Waals surface area contributed by atoms with Gasteiger partial charge in [-0.05, 0) is 56.0 Å². The minimum Gasteiger partial charge on any atom is -0.370 e. The molecule has 11 N–H and O–H groups in total. The van der Waals surface area contributed by atoms with E-state index in [1.54, 1.807) is 27.7 Å². The third-order valence-electron chi connectivity index (χ3n) is 8.11. The molecule has 272 valence electrons. The molecule has 0 aromatic heterocycles. The predicted octanol–water partition coefficient (Wildman–Crippen LogP) is -1.53. The predicted molar refractivity (Wildman–Crippen MR) is 181 cm³/mol.